The number of aliphatic hydroxyl groups excluding tert-OH is 1. The Balaban J connectivity index is 1.56. The molecule has 1 N–H and O–H groups in total. The zero-order valence-electron chi connectivity index (χ0n) is 21.3. The largest absolute Gasteiger partial charge is 0.392 e. The number of carbonyl (C=O) groups excluding carboxylic acids is 1. The smallest absolute Gasteiger partial charge is 0.136 e. The van der Waals surface area contributed by atoms with Crippen LogP contribution in [0.25, 0.3) is 0 Å². The highest BCUT2D eigenvalue weighted by atomic mass is 16.3. The van der Waals surface area contributed by atoms with Crippen LogP contribution in [0.2, 0.25) is 0 Å². The number of fused-ring (bicyclic) bond motifs is 5. The maximum absolute atomic E-state index is 13.0. The lowest BCUT2D eigenvalue weighted by molar-refractivity contribution is -0.127. The molecule has 0 saturated heterocycles. The molecule has 8 atom stereocenters. The third-order valence-electron chi connectivity index (χ3n) is 11.1. The van der Waals surface area contributed by atoms with Crippen LogP contribution in [0.1, 0.15) is 106 Å². The summed E-state index contributed by atoms with van der Waals surface area (Å²) in [6.45, 7) is 16.3. The van der Waals surface area contributed by atoms with E-state index in [2.05, 4.69) is 54.5 Å². The Morgan fingerprint density at radius 3 is 2.42 bits per heavy atom. The Hall–Kier alpha value is -0.630. The Bertz CT molecular complexity index is 733. The molecule has 0 heterocycles. The summed E-state index contributed by atoms with van der Waals surface area (Å²) in [4.78, 5) is 13.0. The van der Waals surface area contributed by atoms with Crippen LogP contribution in [0.5, 0.6) is 0 Å². The van der Waals surface area contributed by atoms with Gasteiger partial charge < -0.3 is 5.11 Å². The molecular weight excluding hydrogens is 380 g/mol. The summed E-state index contributed by atoms with van der Waals surface area (Å²) in [6.07, 6.45) is 12.6. The molecular formula is C29H48O2. The van der Waals surface area contributed by atoms with Crippen molar-refractivity contribution in [1.82, 2.24) is 0 Å². The van der Waals surface area contributed by atoms with Crippen LogP contribution in [0.4, 0.5) is 0 Å². The molecule has 0 aliphatic heterocycles. The summed E-state index contributed by atoms with van der Waals surface area (Å²) in [5.41, 5.74) is 2.05. The minimum Gasteiger partial charge on any atom is -0.392 e. The third kappa shape index (κ3) is 3.58. The summed E-state index contributed by atoms with van der Waals surface area (Å²) in [7, 11) is 0. The normalized spacial score (nSPS) is 44.8. The van der Waals surface area contributed by atoms with Crippen molar-refractivity contribution in [3.8, 4) is 0 Å². The molecule has 2 nitrogen and oxygen atoms in total. The van der Waals surface area contributed by atoms with Gasteiger partial charge in [0.25, 0.3) is 0 Å². The molecule has 0 aromatic rings. The molecule has 0 bridgehead atoms. The first-order chi connectivity index (χ1) is 14.4. The van der Waals surface area contributed by atoms with Crippen LogP contribution in [0.3, 0.4) is 0 Å². The summed E-state index contributed by atoms with van der Waals surface area (Å²) < 4.78 is 0. The van der Waals surface area contributed by atoms with Gasteiger partial charge in [0.05, 0.1) is 6.10 Å². The standard InChI is InChI=1S/C29H48O2/c1-18(2)8-12-24(30)19(3)21-10-11-22-20-9-13-25-27(4,5)26(31)15-17-29(25,7)23(20)14-16-28(21,22)6/h13,18-23,26,31H,8-12,14-17H2,1-7H3/t19-,20-,21+,22-,23-,26+,28+,29+/m0/s1. The van der Waals surface area contributed by atoms with Gasteiger partial charge in [-0.15, -0.1) is 0 Å². The Morgan fingerprint density at radius 2 is 1.74 bits per heavy atom. The first kappa shape index (κ1) is 23.5. The molecule has 0 aromatic heterocycles. The van der Waals surface area contributed by atoms with Crippen molar-refractivity contribution in [3.63, 3.8) is 0 Å². The second kappa shape index (κ2) is 8.00. The number of Topliss-reactive ketones (excluding diaryl/α,β-unsaturated/α-hetero) is 1. The Morgan fingerprint density at radius 1 is 1.03 bits per heavy atom. The van der Waals surface area contributed by atoms with E-state index in [4.69, 9.17) is 0 Å². The SMILES string of the molecule is CC(C)CCC(=O)[C@@H](C)[C@H]1CC[C@H]2[C@@H]3CC=C4C(C)(C)[C@H](O)CC[C@]4(C)[C@H]3CC[C@]12C. The van der Waals surface area contributed by atoms with Gasteiger partial charge in [-0.25, -0.2) is 0 Å². The number of hydrogen-bond acceptors (Lipinski definition) is 2. The van der Waals surface area contributed by atoms with Gasteiger partial charge in [-0.3, -0.25) is 4.79 Å². The van der Waals surface area contributed by atoms with Gasteiger partial charge in [0.1, 0.15) is 5.78 Å². The van der Waals surface area contributed by atoms with Gasteiger partial charge in [-0.1, -0.05) is 60.1 Å². The van der Waals surface area contributed by atoms with Crippen LogP contribution >= 0.6 is 0 Å². The van der Waals surface area contributed by atoms with Crippen LogP contribution in [-0.4, -0.2) is 17.0 Å². The van der Waals surface area contributed by atoms with Crippen molar-refractivity contribution in [2.45, 2.75) is 112 Å². The van der Waals surface area contributed by atoms with E-state index in [0.29, 0.717) is 23.0 Å². The van der Waals surface area contributed by atoms with E-state index >= 15 is 0 Å². The highest BCUT2D eigenvalue weighted by Gasteiger charge is 2.61. The predicted octanol–water partition coefficient (Wildman–Crippen LogP) is 7.20. The highest BCUT2D eigenvalue weighted by molar-refractivity contribution is 5.81. The van der Waals surface area contributed by atoms with Gasteiger partial charge in [-0.05, 0) is 91.8 Å². The van der Waals surface area contributed by atoms with E-state index in [-0.39, 0.29) is 22.9 Å². The van der Waals surface area contributed by atoms with E-state index in [1.54, 1.807) is 5.57 Å². The lowest BCUT2D eigenvalue weighted by Crippen LogP contribution is -2.54. The molecule has 3 saturated carbocycles. The molecule has 4 aliphatic rings. The van der Waals surface area contributed by atoms with Crippen molar-refractivity contribution in [2.75, 3.05) is 0 Å². The molecule has 3 fully saturated rings. The van der Waals surface area contributed by atoms with E-state index in [9.17, 15) is 9.90 Å². The minimum atomic E-state index is -0.203. The van der Waals surface area contributed by atoms with Crippen molar-refractivity contribution in [2.24, 2.45) is 51.8 Å². The number of hydrogen-bond donors (Lipinski definition) is 1. The monoisotopic (exact) mass is 428 g/mol. The summed E-state index contributed by atoms with van der Waals surface area (Å²) in [5, 5.41) is 10.7. The fourth-order valence-electron chi connectivity index (χ4n) is 9.13. The number of rotatable bonds is 5. The topological polar surface area (TPSA) is 37.3 Å². The zero-order chi connectivity index (χ0) is 22.8. The molecule has 0 aromatic carbocycles. The van der Waals surface area contributed by atoms with Crippen LogP contribution in [0, 0.1) is 51.8 Å². The molecule has 0 unspecified atom stereocenters. The maximum Gasteiger partial charge on any atom is 0.136 e. The molecule has 4 aliphatic carbocycles. The van der Waals surface area contributed by atoms with Crippen LogP contribution < -0.4 is 0 Å². The van der Waals surface area contributed by atoms with Gasteiger partial charge in [0, 0.05) is 17.8 Å². The molecule has 2 heteroatoms. The van der Waals surface area contributed by atoms with Gasteiger partial charge >= 0.3 is 0 Å². The lowest BCUT2D eigenvalue weighted by Gasteiger charge is -2.61. The number of carbonyl (C=O) groups is 1. The van der Waals surface area contributed by atoms with Crippen molar-refractivity contribution in [1.29, 1.82) is 0 Å². The lowest BCUT2D eigenvalue weighted by atomic mass is 9.44. The zero-order valence-corrected chi connectivity index (χ0v) is 21.3. The summed E-state index contributed by atoms with van der Waals surface area (Å²) in [5.74, 6) is 4.20. The molecule has 176 valence electrons. The number of allylic oxidation sites excluding steroid dienone is 1. The summed E-state index contributed by atoms with van der Waals surface area (Å²) in [6, 6.07) is 0. The first-order valence-electron chi connectivity index (χ1n) is 13.3. The highest BCUT2D eigenvalue weighted by Crippen LogP contribution is 2.68. The van der Waals surface area contributed by atoms with Gasteiger partial charge in [0.2, 0.25) is 0 Å². The minimum absolute atomic E-state index is 0.0890. The second-order valence-electron chi connectivity index (χ2n) is 13.3. The van der Waals surface area contributed by atoms with E-state index in [0.717, 1.165) is 43.4 Å². The average molecular weight is 429 g/mol. The average Bonchev–Trinajstić information content (AvgIpc) is 3.06. The van der Waals surface area contributed by atoms with Gasteiger partial charge in [-0.2, -0.15) is 0 Å². The fraction of sp³-hybridized carbons (Fsp3) is 0.897. The summed E-state index contributed by atoms with van der Waals surface area (Å²) >= 11 is 0. The molecule has 31 heavy (non-hydrogen) atoms. The molecule has 0 radical (unpaired) electrons. The molecule has 4 rings (SSSR count). The molecule has 0 amide bonds. The quantitative estimate of drug-likeness (QED) is 0.470. The first-order valence-corrected chi connectivity index (χ1v) is 13.3. The Labute approximate surface area is 191 Å². The second-order valence-corrected chi connectivity index (χ2v) is 13.3. The maximum atomic E-state index is 13.0. The van der Waals surface area contributed by atoms with Crippen molar-refractivity contribution < 1.29 is 9.90 Å². The van der Waals surface area contributed by atoms with E-state index in [1.165, 1.54) is 32.1 Å². The van der Waals surface area contributed by atoms with E-state index < -0.39 is 0 Å². The molecule has 0 spiro atoms. The van der Waals surface area contributed by atoms with E-state index in [1.807, 2.05) is 0 Å². The Kier molecular flexibility index (Phi) is 6.07. The van der Waals surface area contributed by atoms with Gasteiger partial charge in [0.15, 0.2) is 0 Å². The van der Waals surface area contributed by atoms with Crippen molar-refractivity contribution in [3.05, 3.63) is 11.6 Å². The predicted molar refractivity (Wildman–Crippen MR) is 129 cm³/mol. The van der Waals surface area contributed by atoms with Crippen molar-refractivity contribution >= 4 is 5.78 Å². The third-order valence-corrected chi connectivity index (χ3v) is 11.1. The van der Waals surface area contributed by atoms with Crippen LogP contribution in [-0.2, 0) is 4.79 Å². The fourth-order valence-corrected chi connectivity index (χ4v) is 9.13. The number of aliphatic hydroxyl groups is 1. The van der Waals surface area contributed by atoms with Crippen LogP contribution in [0.15, 0.2) is 11.6 Å². The number of ketones is 1.